The number of benzene rings is 2. The Labute approximate surface area is 182 Å². The lowest BCUT2D eigenvalue weighted by molar-refractivity contribution is -0.385. The third kappa shape index (κ3) is 4.14. The lowest BCUT2D eigenvalue weighted by Gasteiger charge is -2.43. The summed E-state index contributed by atoms with van der Waals surface area (Å²) in [5.74, 6) is 0.751. The van der Waals surface area contributed by atoms with Crippen molar-refractivity contribution in [2.45, 2.75) is 44.2 Å². The highest BCUT2D eigenvalue weighted by Gasteiger charge is 2.39. The van der Waals surface area contributed by atoms with Gasteiger partial charge in [-0.25, -0.2) is 0 Å². The average molecular weight is 424 g/mol. The van der Waals surface area contributed by atoms with Crippen LogP contribution in [0.4, 0.5) is 5.69 Å². The summed E-state index contributed by atoms with van der Waals surface area (Å²) in [6.07, 6.45) is 4.25. The Kier molecular flexibility index (Phi) is 6.23. The van der Waals surface area contributed by atoms with Crippen LogP contribution >= 0.6 is 0 Å². The first-order valence-corrected chi connectivity index (χ1v) is 10.9. The molecule has 2 atom stereocenters. The second kappa shape index (κ2) is 9.06. The van der Waals surface area contributed by atoms with Crippen LogP contribution in [0.5, 0.6) is 5.75 Å². The molecule has 4 rings (SSSR count). The molecule has 2 aromatic rings. The fourth-order valence-electron chi connectivity index (χ4n) is 5.18. The van der Waals surface area contributed by atoms with Crippen LogP contribution in [-0.2, 0) is 17.6 Å². The number of carbonyl (C=O) groups excluding carboxylic acids is 1. The summed E-state index contributed by atoms with van der Waals surface area (Å²) in [7, 11) is 3.51. The van der Waals surface area contributed by atoms with Crippen LogP contribution in [0.1, 0.15) is 42.0 Å². The van der Waals surface area contributed by atoms with Crippen molar-refractivity contribution in [1.82, 2.24) is 9.80 Å². The van der Waals surface area contributed by atoms with Crippen molar-refractivity contribution in [3.63, 3.8) is 0 Å². The van der Waals surface area contributed by atoms with Gasteiger partial charge in [-0.2, -0.15) is 0 Å². The molecule has 1 aliphatic heterocycles. The molecule has 0 saturated carbocycles. The van der Waals surface area contributed by atoms with E-state index in [-0.39, 0.29) is 30.1 Å². The fourth-order valence-corrected chi connectivity index (χ4v) is 5.18. The van der Waals surface area contributed by atoms with Gasteiger partial charge in [-0.05, 0) is 56.0 Å². The van der Waals surface area contributed by atoms with Crippen molar-refractivity contribution < 1.29 is 14.5 Å². The largest absolute Gasteiger partial charge is 0.496 e. The van der Waals surface area contributed by atoms with Gasteiger partial charge in [-0.3, -0.25) is 19.8 Å². The summed E-state index contributed by atoms with van der Waals surface area (Å²) in [6.45, 7) is 2.10. The van der Waals surface area contributed by atoms with Gasteiger partial charge < -0.3 is 9.64 Å². The van der Waals surface area contributed by atoms with E-state index in [1.807, 2.05) is 19.2 Å². The number of para-hydroxylation sites is 1. The number of hydrogen-bond donors (Lipinski definition) is 0. The zero-order chi connectivity index (χ0) is 22.0. The van der Waals surface area contributed by atoms with Crippen LogP contribution in [0.15, 0.2) is 42.5 Å². The van der Waals surface area contributed by atoms with E-state index < -0.39 is 4.92 Å². The van der Waals surface area contributed by atoms with Gasteiger partial charge in [0.1, 0.15) is 5.75 Å². The molecule has 31 heavy (non-hydrogen) atoms. The van der Waals surface area contributed by atoms with Crippen LogP contribution in [-0.4, -0.2) is 53.9 Å². The normalized spacial score (nSPS) is 20.8. The van der Waals surface area contributed by atoms with Gasteiger partial charge in [0.15, 0.2) is 0 Å². The number of methoxy groups -OCH3 is 1. The number of likely N-dealkylation sites (N-methyl/N-ethyl adjacent to an activating group) is 1. The lowest BCUT2D eigenvalue weighted by atomic mass is 9.81. The summed E-state index contributed by atoms with van der Waals surface area (Å²) < 4.78 is 5.61. The first-order valence-electron chi connectivity index (χ1n) is 10.9. The molecule has 0 aromatic heterocycles. The second-order valence-corrected chi connectivity index (χ2v) is 8.39. The van der Waals surface area contributed by atoms with Crippen molar-refractivity contribution in [2.24, 2.45) is 0 Å². The number of likely N-dealkylation sites (tertiary alicyclic amines) is 1. The topological polar surface area (TPSA) is 75.9 Å². The summed E-state index contributed by atoms with van der Waals surface area (Å²) in [5.41, 5.74) is 2.73. The molecule has 1 aliphatic carbocycles. The maximum atomic E-state index is 13.4. The van der Waals surface area contributed by atoms with Crippen LogP contribution in [0.25, 0.3) is 0 Å². The van der Waals surface area contributed by atoms with Crippen molar-refractivity contribution in [1.29, 1.82) is 0 Å². The van der Waals surface area contributed by atoms with Gasteiger partial charge in [0.05, 0.1) is 24.5 Å². The molecule has 7 heteroatoms. The van der Waals surface area contributed by atoms with Crippen LogP contribution < -0.4 is 4.74 Å². The number of rotatable bonds is 6. The summed E-state index contributed by atoms with van der Waals surface area (Å²) in [4.78, 5) is 28.6. The number of fused-ring (bicyclic) bond motifs is 1. The lowest BCUT2D eigenvalue weighted by Crippen LogP contribution is -2.48. The number of carbonyl (C=O) groups is 1. The smallest absolute Gasteiger partial charge is 0.273 e. The molecule has 1 saturated heterocycles. The Hall–Kier alpha value is -2.93. The molecule has 1 amide bonds. The van der Waals surface area contributed by atoms with E-state index >= 15 is 0 Å². The number of amides is 1. The SMILES string of the molecule is COc1cccc2c1CC[C@H](N1CCCC1)[C@H]2N(C)C(=O)Cc1ccccc1[N+](=O)[O-]. The van der Waals surface area contributed by atoms with Gasteiger partial charge in [0, 0.05) is 24.7 Å². The van der Waals surface area contributed by atoms with Crippen LogP contribution in [0.2, 0.25) is 0 Å². The second-order valence-electron chi connectivity index (χ2n) is 8.39. The Balaban J connectivity index is 1.67. The van der Waals surface area contributed by atoms with Gasteiger partial charge in [0.2, 0.25) is 5.91 Å². The Morgan fingerprint density at radius 1 is 1.19 bits per heavy atom. The average Bonchev–Trinajstić information content (AvgIpc) is 3.32. The standard InChI is InChI=1S/C24H29N3O4/c1-25(23(28)16-17-8-3-4-10-20(17)27(29)30)24-19-9-7-11-22(31-2)18(19)12-13-21(24)26-14-5-6-15-26/h3-4,7-11,21,24H,5-6,12-16H2,1-2H3/t21-,24-/m0/s1. The molecule has 2 aliphatic rings. The molecule has 1 heterocycles. The van der Waals surface area contributed by atoms with Crippen molar-refractivity contribution in [3.8, 4) is 5.75 Å². The van der Waals surface area contributed by atoms with E-state index in [1.54, 1.807) is 30.2 Å². The van der Waals surface area contributed by atoms with Gasteiger partial charge >= 0.3 is 0 Å². The number of nitrogens with zero attached hydrogens (tertiary/aromatic N) is 3. The molecule has 2 aromatic carbocycles. The maximum Gasteiger partial charge on any atom is 0.273 e. The third-order valence-electron chi connectivity index (χ3n) is 6.71. The monoisotopic (exact) mass is 423 g/mol. The Morgan fingerprint density at radius 2 is 1.94 bits per heavy atom. The van der Waals surface area contributed by atoms with Gasteiger partial charge in [0.25, 0.3) is 5.69 Å². The molecular weight excluding hydrogens is 394 g/mol. The van der Waals surface area contributed by atoms with E-state index in [1.165, 1.54) is 18.9 Å². The van der Waals surface area contributed by atoms with E-state index in [9.17, 15) is 14.9 Å². The highest BCUT2D eigenvalue weighted by atomic mass is 16.6. The van der Waals surface area contributed by atoms with Crippen molar-refractivity contribution in [2.75, 3.05) is 27.2 Å². The molecule has 164 valence electrons. The Bertz CT molecular complexity index is 971. The molecule has 0 N–H and O–H groups in total. The molecule has 0 bridgehead atoms. The summed E-state index contributed by atoms with van der Waals surface area (Å²) in [6, 6.07) is 12.7. The van der Waals surface area contributed by atoms with Crippen molar-refractivity contribution in [3.05, 3.63) is 69.3 Å². The molecule has 0 radical (unpaired) electrons. The summed E-state index contributed by atoms with van der Waals surface area (Å²) in [5, 5.41) is 11.4. The van der Waals surface area contributed by atoms with Gasteiger partial charge in [-0.1, -0.05) is 30.3 Å². The quantitative estimate of drug-likeness (QED) is 0.522. The predicted octanol–water partition coefficient (Wildman–Crippen LogP) is 3.76. The van der Waals surface area contributed by atoms with Crippen LogP contribution in [0, 0.1) is 10.1 Å². The van der Waals surface area contributed by atoms with Gasteiger partial charge in [-0.15, -0.1) is 0 Å². The number of nitro groups is 1. The summed E-state index contributed by atoms with van der Waals surface area (Å²) >= 11 is 0. The number of ether oxygens (including phenoxy) is 1. The molecule has 0 spiro atoms. The molecule has 1 fully saturated rings. The van der Waals surface area contributed by atoms with E-state index in [0.29, 0.717) is 5.56 Å². The van der Waals surface area contributed by atoms with E-state index in [2.05, 4.69) is 11.0 Å². The fraction of sp³-hybridized carbons (Fsp3) is 0.458. The van der Waals surface area contributed by atoms with E-state index in [0.717, 1.165) is 42.8 Å². The predicted molar refractivity (Wildman–Crippen MR) is 118 cm³/mol. The Morgan fingerprint density at radius 3 is 2.65 bits per heavy atom. The highest BCUT2D eigenvalue weighted by Crippen LogP contribution is 2.41. The third-order valence-corrected chi connectivity index (χ3v) is 6.71. The van der Waals surface area contributed by atoms with Crippen LogP contribution in [0.3, 0.4) is 0 Å². The van der Waals surface area contributed by atoms with E-state index in [4.69, 9.17) is 4.74 Å². The minimum Gasteiger partial charge on any atom is -0.496 e. The zero-order valence-corrected chi connectivity index (χ0v) is 18.1. The first kappa shape index (κ1) is 21.3. The first-order chi connectivity index (χ1) is 15.0. The molecule has 0 unspecified atom stereocenters. The molecular formula is C24H29N3O4. The minimum atomic E-state index is -0.420. The highest BCUT2D eigenvalue weighted by molar-refractivity contribution is 5.80. The number of nitro benzene ring substituents is 1. The van der Waals surface area contributed by atoms with Crippen molar-refractivity contribution >= 4 is 11.6 Å². The molecule has 7 nitrogen and oxygen atoms in total. The number of hydrogen-bond acceptors (Lipinski definition) is 5. The zero-order valence-electron chi connectivity index (χ0n) is 18.1. The minimum absolute atomic E-state index is 0.00828. The maximum absolute atomic E-state index is 13.4.